The van der Waals surface area contributed by atoms with Crippen LogP contribution in [0.25, 0.3) is 0 Å². The van der Waals surface area contributed by atoms with E-state index in [9.17, 15) is 0 Å². The maximum absolute atomic E-state index is 3.48. The Bertz CT molecular complexity index is 160. The van der Waals surface area contributed by atoms with Crippen molar-refractivity contribution in [2.24, 2.45) is 17.8 Å². The van der Waals surface area contributed by atoms with Gasteiger partial charge in [-0.05, 0) is 48.4 Å². The van der Waals surface area contributed by atoms with E-state index in [-0.39, 0.29) is 0 Å². The first-order valence-corrected chi connectivity index (χ1v) is 5.71. The summed E-state index contributed by atoms with van der Waals surface area (Å²) in [5.41, 5.74) is 0. The summed E-state index contributed by atoms with van der Waals surface area (Å²) >= 11 is 3.48. The molecular weight excluding hydrogens is 212 g/mol. The Morgan fingerprint density at radius 1 is 1.50 bits per heavy atom. The fourth-order valence-corrected chi connectivity index (χ4v) is 2.48. The number of hydrogen-bond donors (Lipinski definition) is 0. The summed E-state index contributed by atoms with van der Waals surface area (Å²) in [5.74, 6) is 2.76. The molecule has 0 spiro atoms. The first kappa shape index (κ1) is 10.3. The molecule has 0 N–H and O–H groups in total. The average Bonchev–Trinajstić information content (AvgIpc) is 1.80. The van der Waals surface area contributed by atoms with E-state index in [0.717, 1.165) is 17.8 Å². The minimum absolute atomic E-state index is 0.869. The van der Waals surface area contributed by atoms with Gasteiger partial charge < -0.3 is 0 Å². The fraction of sp³-hybridized carbons (Fsp3) is 0.818. The van der Waals surface area contributed by atoms with Crippen molar-refractivity contribution in [1.29, 1.82) is 0 Å². The van der Waals surface area contributed by atoms with Gasteiger partial charge in [-0.2, -0.15) is 0 Å². The number of allylic oxidation sites excluding steroid dienone is 2. The Morgan fingerprint density at radius 2 is 2.08 bits per heavy atom. The molecule has 0 bridgehead atoms. The van der Waals surface area contributed by atoms with E-state index in [0.29, 0.717) is 0 Å². The van der Waals surface area contributed by atoms with Crippen LogP contribution in [0.2, 0.25) is 0 Å². The van der Waals surface area contributed by atoms with Crippen LogP contribution >= 0.6 is 15.9 Å². The molecule has 1 rings (SSSR count). The molecule has 1 aliphatic carbocycles. The van der Waals surface area contributed by atoms with Crippen LogP contribution in [0.5, 0.6) is 0 Å². The second kappa shape index (κ2) is 4.45. The lowest BCUT2D eigenvalue weighted by molar-refractivity contribution is 0.203. The number of rotatable bonds is 3. The molecule has 0 aromatic heterocycles. The van der Waals surface area contributed by atoms with Gasteiger partial charge in [-0.1, -0.05) is 35.9 Å². The van der Waals surface area contributed by atoms with Gasteiger partial charge in [0.2, 0.25) is 0 Å². The van der Waals surface area contributed by atoms with Crippen molar-refractivity contribution in [3.05, 3.63) is 10.6 Å². The summed E-state index contributed by atoms with van der Waals surface area (Å²) < 4.78 is 1.30. The molecule has 0 radical (unpaired) electrons. The van der Waals surface area contributed by atoms with Crippen molar-refractivity contribution >= 4 is 15.9 Å². The SMILES string of the molecule is C/C(Br)=C/C1CC(CC(C)C)C1. The van der Waals surface area contributed by atoms with Crippen LogP contribution in [0, 0.1) is 17.8 Å². The third-order valence-electron chi connectivity index (χ3n) is 2.54. The zero-order chi connectivity index (χ0) is 9.14. The van der Waals surface area contributed by atoms with Gasteiger partial charge in [-0.3, -0.25) is 0 Å². The molecule has 0 aromatic rings. The van der Waals surface area contributed by atoms with Gasteiger partial charge in [-0.15, -0.1) is 0 Å². The molecule has 1 saturated carbocycles. The van der Waals surface area contributed by atoms with E-state index in [2.05, 4.69) is 42.8 Å². The van der Waals surface area contributed by atoms with Crippen molar-refractivity contribution in [2.75, 3.05) is 0 Å². The minimum Gasteiger partial charge on any atom is -0.0715 e. The van der Waals surface area contributed by atoms with Crippen LogP contribution in [0.1, 0.15) is 40.0 Å². The normalized spacial score (nSPS) is 30.6. The summed E-state index contributed by atoms with van der Waals surface area (Å²) in [6.45, 7) is 6.76. The lowest BCUT2D eigenvalue weighted by Gasteiger charge is -2.34. The van der Waals surface area contributed by atoms with Gasteiger partial charge >= 0.3 is 0 Å². The Balaban J connectivity index is 2.16. The molecular formula is C11H19Br. The Hall–Kier alpha value is 0.220. The topological polar surface area (TPSA) is 0 Å². The molecule has 0 nitrogen and oxygen atoms in total. The number of hydrogen-bond acceptors (Lipinski definition) is 0. The molecule has 0 aliphatic heterocycles. The van der Waals surface area contributed by atoms with Gasteiger partial charge in [0, 0.05) is 0 Å². The predicted octanol–water partition coefficient (Wildman–Crippen LogP) is 4.36. The van der Waals surface area contributed by atoms with E-state index >= 15 is 0 Å². The second-order valence-corrected chi connectivity index (χ2v) is 5.73. The second-order valence-electron chi connectivity index (χ2n) is 4.48. The summed E-state index contributed by atoms with van der Waals surface area (Å²) in [6.07, 6.45) is 6.62. The molecule has 1 heteroatoms. The van der Waals surface area contributed by atoms with Gasteiger partial charge in [0.25, 0.3) is 0 Å². The van der Waals surface area contributed by atoms with Gasteiger partial charge in [-0.25, -0.2) is 0 Å². The average molecular weight is 231 g/mol. The quantitative estimate of drug-likeness (QED) is 0.677. The zero-order valence-corrected chi connectivity index (χ0v) is 9.89. The summed E-state index contributed by atoms with van der Waals surface area (Å²) in [4.78, 5) is 0. The van der Waals surface area contributed by atoms with Crippen LogP contribution in [0.3, 0.4) is 0 Å². The van der Waals surface area contributed by atoms with Gasteiger partial charge in [0.1, 0.15) is 0 Å². The zero-order valence-electron chi connectivity index (χ0n) is 8.31. The molecule has 12 heavy (non-hydrogen) atoms. The van der Waals surface area contributed by atoms with E-state index in [1.807, 2.05) is 0 Å². The van der Waals surface area contributed by atoms with Gasteiger partial charge in [0.05, 0.1) is 0 Å². The van der Waals surface area contributed by atoms with Crippen molar-refractivity contribution in [1.82, 2.24) is 0 Å². The van der Waals surface area contributed by atoms with Crippen LogP contribution in [-0.4, -0.2) is 0 Å². The summed E-state index contributed by atoms with van der Waals surface area (Å²) in [6, 6.07) is 0. The molecule has 0 aromatic carbocycles. The highest BCUT2D eigenvalue weighted by Crippen LogP contribution is 2.39. The molecule has 0 unspecified atom stereocenters. The standard InChI is InChI=1S/C11H19Br/c1-8(2)4-10-6-11(7-10)5-9(3)12/h5,8,10-11H,4,6-7H2,1-3H3/b9-5-. The van der Waals surface area contributed by atoms with Crippen molar-refractivity contribution in [3.63, 3.8) is 0 Å². The largest absolute Gasteiger partial charge is 0.0715 e. The Kier molecular flexibility index (Phi) is 3.82. The molecule has 1 aliphatic rings. The molecule has 0 saturated heterocycles. The van der Waals surface area contributed by atoms with E-state index < -0.39 is 0 Å². The maximum atomic E-state index is 3.48. The Labute approximate surface area is 84.6 Å². The molecule has 70 valence electrons. The first-order valence-electron chi connectivity index (χ1n) is 4.92. The van der Waals surface area contributed by atoms with Gasteiger partial charge in [0.15, 0.2) is 0 Å². The third kappa shape index (κ3) is 3.30. The predicted molar refractivity (Wildman–Crippen MR) is 58.4 cm³/mol. The van der Waals surface area contributed by atoms with Crippen LogP contribution < -0.4 is 0 Å². The van der Waals surface area contributed by atoms with E-state index in [1.54, 1.807) is 0 Å². The highest BCUT2D eigenvalue weighted by Gasteiger charge is 2.27. The van der Waals surface area contributed by atoms with E-state index in [1.165, 1.54) is 23.7 Å². The third-order valence-corrected chi connectivity index (χ3v) is 2.81. The molecule has 0 heterocycles. The molecule has 0 atom stereocenters. The van der Waals surface area contributed by atoms with E-state index in [4.69, 9.17) is 0 Å². The maximum Gasteiger partial charge on any atom is -0.0117 e. The van der Waals surface area contributed by atoms with Crippen LogP contribution in [-0.2, 0) is 0 Å². The summed E-state index contributed by atoms with van der Waals surface area (Å²) in [7, 11) is 0. The molecule has 1 fully saturated rings. The smallest absolute Gasteiger partial charge is 0.0117 e. The Morgan fingerprint density at radius 3 is 2.50 bits per heavy atom. The van der Waals surface area contributed by atoms with Crippen molar-refractivity contribution in [2.45, 2.75) is 40.0 Å². The highest BCUT2D eigenvalue weighted by molar-refractivity contribution is 9.11. The summed E-state index contributed by atoms with van der Waals surface area (Å²) in [5, 5.41) is 0. The van der Waals surface area contributed by atoms with Crippen molar-refractivity contribution < 1.29 is 0 Å². The lowest BCUT2D eigenvalue weighted by atomic mass is 9.71. The minimum atomic E-state index is 0.869. The lowest BCUT2D eigenvalue weighted by Crippen LogP contribution is -2.23. The number of halogens is 1. The fourth-order valence-electron chi connectivity index (χ4n) is 2.11. The van der Waals surface area contributed by atoms with Crippen LogP contribution in [0.4, 0.5) is 0 Å². The first-order chi connectivity index (χ1) is 5.58. The molecule has 0 amide bonds. The highest BCUT2D eigenvalue weighted by atomic mass is 79.9. The monoisotopic (exact) mass is 230 g/mol. The van der Waals surface area contributed by atoms with Crippen molar-refractivity contribution in [3.8, 4) is 0 Å². The van der Waals surface area contributed by atoms with Crippen LogP contribution in [0.15, 0.2) is 10.6 Å².